The van der Waals surface area contributed by atoms with E-state index in [0.29, 0.717) is 17.2 Å². The first-order valence-corrected chi connectivity index (χ1v) is 8.32. The molecule has 0 aromatic carbocycles. The Balaban J connectivity index is 1.75. The summed E-state index contributed by atoms with van der Waals surface area (Å²) in [5.41, 5.74) is 0.392. The predicted molar refractivity (Wildman–Crippen MR) is 83.6 cm³/mol. The number of likely N-dealkylation sites (tertiary alicyclic amines) is 2. The van der Waals surface area contributed by atoms with Gasteiger partial charge < -0.3 is 9.80 Å². The molecule has 3 nitrogen and oxygen atoms in total. The highest BCUT2D eigenvalue weighted by molar-refractivity contribution is 5.76. The summed E-state index contributed by atoms with van der Waals surface area (Å²) in [5.74, 6) is 1.81. The summed E-state index contributed by atoms with van der Waals surface area (Å²) in [5, 5.41) is 0. The smallest absolute Gasteiger partial charge is 0.222 e. The fourth-order valence-electron chi connectivity index (χ4n) is 3.64. The van der Waals surface area contributed by atoms with E-state index in [-0.39, 0.29) is 0 Å². The number of carbonyl (C=O) groups is 1. The number of hydrogen-bond donors (Lipinski definition) is 0. The van der Waals surface area contributed by atoms with E-state index in [2.05, 4.69) is 37.6 Å². The van der Waals surface area contributed by atoms with Crippen molar-refractivity contribution in [1.29, 1.82) is 0 Å². The van der Waals surface area contributed by atoms with E-state index in [1.807, 2.05) is 0 Å². The zero-order valence-electron chi connectivity index (χ0n) is 13.8. The molecule has 2 rings (SSSR count). The molecule has 3 heteroatoms. The predicted octanol–water partition coefficient (Wildman–Crippen LogP) is 3.00. The average Bonchev–Trinajstić information content (AvgIpc) is 2.40. The Labute approximate surface area is 124 Å². The number of rotatable bonds is 2. The van der Waals surface area contributed by atoms with Crippen molar-refractivity contribution in [2.24, 2.45) is 17.3 Å². The summed E-state index contributed by atoms with van der Waals surface area (Å²) in [6.07, 6.45) is 5.54. The second kappa shape index (κ2) is 6.46. The highest BCUT2D eigenvalue weighted by Gasteiger charge is 2.31. The van der Waals surface area contributed by atoms with E-state index in [1.54, 1.807) is 0 Å². The van der Waals surface area contributed by atoms with Crippen molar-refractivity contribution >= 4 is 5.91 Å². The minimum absolute atomic E-state index is 0.392. The molecule has 0 aromatic heterocycles. The average molecular weight is 280 g/mol. The van der Waals surface area contributed by atoms with E-state index in [1.165, 1.54) is 25.7 Å². The van der Waals surface area contributed by atoms with Crippen LogP contribution in [0.2, 0.25) is 0 Å². The maximum Gasteiger partial charge on any atom is 0.222 e. The topological polar surface area (TPSA) is 23.6 Å². The van der Waals surface area contributed by atoms with Crippen molar-refractivity contribution in [3.63, 3.8) is 0 Å². The van der Waals surface area contributed by atoms with Crippen LogP contribution in [0.3, 0.4) is 0 Å². The monoisotopic (exact) mass is 280 g/mol. The van der Waals surface area contributed by atoms with Crippen LogP contribution in [0.15, 0.2) is 0 Å². The molecular formula is C17H32N2O. The van der Waals surface area contributed by atoms with Gasteiger partial charge in [0.05, 0.1) is 0 Å². The maximum absolute atomic E-state index is 12.4. The number of carbonyl (C=O) groups excluding carboxylic acids is 1. The number of nitrogens with zero attached hydrogens (tertiary/aromatic N) is 2. The van der Waals surface area contributed by atoms with E-state index < -0.39 is 0 Å². The quantitative estimate of drug-likeness (QED) is 0.776. The fraction of sp³-hybridized carbons (Fsp3) is 0.941. The Hall–Kier alpha value is -0.570. The zero-order valence-corrected chi connectivity index (χ0v) is 13.8. The van der Waals surface area contributed by atoms with Gasteiger partial charge >= 0.3 is 0 Å². The standard InChI is InChI=1S/C17H32N2O/c1-17(2,3)15-7-11-19(12-8-15)16(20)13-14-5-9-18(4)10-6-14/h14-15H,5-13H2,1-4H3. The van der Waals surface area contributed by atoms with Crippen LogP contribution >= 0.6 is 0 Å². The molecule has 0 spiro atoms. The van der Waals surface area contributed by atoms with Gasteiger partial charge in [0.1, 0.15) is 0 Å². The fourth-order valence-corrected chi connectivity index (χ4v) is 3.64. The van der Waals surface area contributed by atoms with Crippen LogP contribution < -0.4 is 0 Å². The summed E-state index contributed by atoms with van der Waals surface area (Å²) >= 11 is 0. The molecule has 2 heterocycles. The van der Waals surface area contributed by atoms with Crippen molar-refractivity contribution in [2.75, 3.05) is 33.2 Å². The van der Waals surface area contributed by atoms with Crippen LogP contribution in [0.4, 0.5) is 0 Å². The first-order valence-electron chi connectivity index (χ1n) is 8.32. The van der Waals surface area contributed by atoms with Crippen LogP contribution in [0.25, 0.3) is 0 Å². The first kappa shape index (κ1) is 15.8. The lowest BCUT2D eigenvalue weighted by atomic mass is 9.75. The van der Waals surface area contributed by atoms with Crippen molar-refractivity contribution in [3.8, 4) is 0 Å². The van der Waals surface area contributed by atoms with Crippen LogP contribution in [-0.2, 0) is 4.79 Å². The van der Waals surface area contributed by atoms with E-state index in [0.717, 1.165) is 38.5 Å². The van der Waals surface area contributed by atoms with E-state index in [9.17, 15) is 4.79 Å². The van der Waals surface area contributed by atoms with Gasteiger partial charge in [-0.3, -0.25) is 4.79 Å². The second-order valence-electron chi connectivity index (χ2n) is 7.97. The summed E-state index contributed by atoms with van der Waals surface area (Å²) in [7, 11) is 2.18. The molecule has 2 aliphatic heterocycles. The highest BCUT2D eigenvalue weighted by Crippen LogP contribution is 2.34. The molecule has 2 fully saturated rings. The zero-order chi connectivity index (χ0) is 14.8. The summed E-state index contributed by atoms with van der Waals surface area (Å²) in [6, 6.07) is 0. The van der Waals surface area contributed by atoms with Gasteiger partial charge in [0.15, 0.2) is 0 Å². The molecule has 0 unspecified atom stereocenters. The molecular weight excluding hydrogens is 248 g/mol. The van der Waals surface area contributed by atoms with Gasteiger partial charge in [-0.2, -0.15) is 0 Å². The van der Waals surface area contributed by atoms with Crippen molar-refractivity contribution in [2.45, 2.75) is 52.9 Å². The van der Waals surface area contributed by atoms with Crippen LogP contribution in [0.5, 0.6) is 0 Å². The Kier molecular flexibility index (Phi) is 5.11. The molecule has 20 heavy (non-hydrogen) atoms. The van der Waals surface area contributed by atoms with E-state index >= 15 is 0 Å². The molecule has 0 bridgehead atoms. The molecule has 0 aromatic rings. The minimum Gasteiger partial charge on any atom is -0.343 e. The highest BCUT2D eigenvalue weighted by atomic mass is 16.2. The Morgan fingerprint density at radius 3 is 2.05 bits per heavy atom. The Morgan fingerprint density at radius 1 is 1.00 bits per heavy atom. The maximum atomic E-state index is 12.4. The molecule has 0 saturated carbocycles. The lowest BCUT2D eigenvalue weighted by molar-refractivity contribution is -0.134. The third-order valence-corrected chi connectivity index (χ3v) is 5.37. The van der Waals surface area contributed by atoms with Crippen molar-refractivity contribution in [3.05, 3.63) is 0 Å². The molecule has 116 valence electrons. The third kappa shape index (κ3) is 4.21. The van der Waals surface area contributed by atoms with Gasteiger partial charge in [-0.25, -0.2) is 0 Å². The number of hydrogen-bond acceptors (Lipinski definition) is 2. The van der Waals surface area contributed by atoms with Crippen molar-refractivity contribution < 1.29 is 4.79 Å². The van der Waals surface area contributed by atoms with Crippen molar-refractivity contribution in [1.82, 2.24) is 9.80 Å². The lowest BCUT2D eigenvalue weighted by Gasteiger charge is -2.39. The largest absolute Gasteiger partial charge is 0.343 e. The molecule has 0 aliphatic carbocycles. The number of amides is 1. The molecule has 1 amide bonds. The lowest BCUT2D eigenvalue weighted by Crippen LogP contribution is -2.42. The van der Waals surface area contributed by atoms with Gasteiger partial charge in [0.2, 0.25) is 5.91 Å². The molecule has 2 aliphatic rings. The van der Waals surface area contributed by atoms with Gasteiger partial charge in [0, 0.05) is 19.5 Å². The first-order chi connectivity index (χ1) is 9.36. The van der Waals surface area contributed by atoms with Gasteiger partial charge in [0.25, 0.3) is 0 Å². The summed E-state index contributed by atoms with van der Waals surface area (Å²) in [6.45, 7) is 11.3. The van der Waals surface area contributed by atoms with E-state index in [4.69, 9.17) is 0 Å². The third-order valence-electron chi connectivity index (χ3n) is 5.37. The Morgan fingerprint density at radius 2 is 1.55 bits per heavy atom. The SMILES string of the molecule is CN1CCC(CC(=O)N2CCC(C(C)(C)C)CC2)CC1. The number of piperidine rings is 2. The van der Waals surface area contributed by atoms with Crippen LogP contribution in [0.1, 0.15) is 52.9 Å². The van der Waals surface area contributed by atoms with Gasteiger partial charge in [-0.15, -0.1) is 0 Å². The second-order valence-corrected chi connectivity index (χ2v) is 7.97. The van der Waals surface area contributed by atoms with Crippen LogP contribution in [-0.4, -0.2) is 48.9 Å². The minimum atomic E-state index is 0.392. The molecule has 2 saturated heterocycles. The molecule has 0 atom stereocenters. The molecule has 0 radical (unpaired) electrons. The normalized spacial score (nSPS) is 24.1. The summed E-state index contributed by atoms with van der Waals surface area (Å²) in [4.78, 5) is 16.9. The Bertz CT molecular complexity index is 318. The van der Waals surface area contributed by atoms with Gasteiger partial charge in [-0.05, 0) is 63.1 Å². The molecule has 0 N–H and O–H groups in total. The van der Waals surface area contributed by atoms with Gasteiger partial charge in [-0.1, -0.05) is 20.8 Å². The van der Waals surface area contributed by atoms with Crippen LogP contribution in [0, 0.1) is 17.3 Å². The summed E-state index contributed by atoms with van der Waals surface area (Å²) < 4.78 is 0.